The lowest BCUT2D eigenvalue weighted by atomic mass is 9.96. The summed E-state index contributed by atoms with van der Waals surface area (Å²) < 4.78 is 48.7. The molecule has 12 heteroatoms. The van der Waals surface area contributed by atoms with E-state index in [-0.39, 0.29) is 38.9 Å². The second-order valence-electron chi connectivity index (χ2n) is 9.10. The Hall–Kier alpha value is -3.83. The van der Waals surface area contributed by atoms with Gasteiger partial charge in [0.1, 0.15) is 0 Å². The second-order valence-corrected chi connectivity index (χ2v) is 11.2. The summed E-state index contributed by atoms with van der Waals surface area (Å²) in [5.74, 6) is -1.03. The molecule has 4 rings (SSSR count). The van der Waals surface area contributed by atoms with Crippen molar-refractivity contribution in [1.82, 2.24) is 15.0 Å². The van der Waals surface area contributed by atoms with E-state index >= 15 is 4.39 Å². The monoisotopic (exact) mass is 543 g/mol. The molecule has 4 aromatic rings. The van der Waals surface area contributed by atoms with Gasteiger partial charge in [-0.25, -0.2) is 27.8 Å². The number of nitrogens with zero attached hydrogens (tertiary/aromatic N) is 3. The highest BCUT2D eigenvalue weighted by atomic mass is 35.5. The molecule has 2 heterocycles. The molecule has 0 fully saturated rings. The van der Waals surface area contributed by atoms with Crippen molar-refractivity contribution in [2.24, 2.45) is 5.41 Å². The second kappa shape index (κ2) is 9.91. The maximum Gasteiger partial charge on any atom is 0.267 e. The van der Waals surface area contributed by atoms with Crippen LogP contribution in [-0.4, -0.2) is 36.4 Å². The highest BCUT2D eigenvalue weighted by Crippen LogP contribution is 2.32. The summed E-state index contributed by atoms with van der Waals surface area (Å²) in [5.41, 5.74) is 0.295. The van der Waals surface area contributed by atoms with Crippen LogP contribution in [0.4, 0.5) is 16.0 Å². The Bertz CT molecular complexity index is 1620. The summed E-state index contributed by atoms with van der Waals surface area (Å²) in [4.78, 5) is 24.3. The van der Waals surface area contributed by atoms with Crippen LogP contribution in [0.2, 0.25) is 5.02 Å². The number of anilines is 2. The van der Waals surface area contributed by atoms with E-state index in [1.54, 1.807) is 39.0 Å². The average Bonchev–Trinajstić information content (AvgIpc) is 2.84. The summed E-state index contributed by atoms with van der Waals surface area (Å²) in [6, 6.07) is 10.5. The van der Waals surface area contributed by atoms with Gasteiger partial charge in [0.2, 0.25) is 17.7 Å². The Labute approximate surface area is 218 Å². The molecule has 1 amide bonds. The summed E-state index contributed by atoms with van der Waals surface area (Å²) in [7, 11) is -3.01. The minimum Gasteiger partial charge on any atom is -0.480 e. The maximum absolute atomic E-state index is 15.5. The van der Waals surface area contributed by atoms with E-state index in [9.17, 15) is 13.2 Å². The smallest absolute Gasteiger partial charge is 0.267 e. The van der Waals surface area contributed by atoms with Crippen LogP contribution in [0.1, 0.15) is 20.8 Å². The van der Waals surface area contributed by atoms with Crippen molar-refractivity contribution in [3.63, 3.8) is 0 Å². The van der Waals surface area contributed by atoms with Gasteiger partial charge in [0.25, 0.3) is 10.0 Å². The number of hydrogen-bond donors (Lipinski definition) is 2. The van der Waals surface area contributed by atoms with Crippen molar-refractivity contribution in [3.05, 3.63) is 65.7 Å². The third-order valence-corrected chi connectivity index (χ3v) is 6.87. The molecule has 0 saturated heterocycles. The number of carbonyl (C=O) groups is 1. The minimum atomic E-state index is -4.28. The number of benzene rings is 2. The fourth-order valence-electron chi connectivity index (χ4n) is 3.34. The third-order valence-electron chi connectivity index (χ3n) is 5.31. The number of halogens is 2. The average molecular weight is 544 g/mol. The molecule has 0 aliphatic rings. The molecule has 2 aromatic carbocycles. The standard InChI is InChI=1S/C25H23ClFN5O4S/c1-25(2,3)23(33)31-24-29-12-15-10-14(8-9-18(15)30-24)17-6-5-7-19(21(17)27)32-37(34,35)20-11-16(26)13-28-22(20)36-4/h5-13,32H,1-4H3,(H,29,30,31,33). The number of hydrogen-bond acceptors (Lipinski definition) is 7. The number of rotatable bonds is 6. The highest BCUT2D eigenvalue weighted by molar-refractivity contribution is 7.92. The largest absolute Gasteiger partial charge is 0.480 e. The van der Waals surface area contributed by atoms with Crippen LogP contribution in [0, 0.1) is 11.2 Å². The molecule has 0 bridgehead atoms. The predicted octanol–water partition coefficient (Wildman–Crippen LogP) is 5.28. The van der Waals surface area contributed by atoms with Gasteiger partial charge in [-0.2, -0.15) is 0 Å². The van der Waals surface area contributed by atoms with Crippen LogP contribution < -0.4 is 14.8 Å². The number of amides is 1. The molecule has 2 aromatic heterocycles. The van der Waals surface area contributed by atoms with E-state index in [1.807, 2.05) is 0 Å². The Kier molecular flexibility index (Phi) is 7.03. The van der Waals surface area contributed by atoms with Crippen molar-refractivity contribution >= 4 is 50.1 Å². The first kappa shape index (κ1) is 26.2. The zero-order valence-corrected chi connectivity index (χ0v) is 21.9. The zero-order chi connectivity index (χ0) is 27.0. The Morgan fingerprint density at radius 3 is 2.54 bits per heavy atom. The Morgan fingerprint density at radius 1 is 1.08 bits per heavy atom. The number of ether oxygens (including phenoxy) is 1. The fourth-order valence-corrected chi connectivity index (χ4v) is 4.77. The topological polar surface area (TPSA) is 123 Å². The van der Waals surface area contributed by atoms with Gasteiger partial charge in [-0.05, 0) is 29.8 Å². The van der Waals surface area contributed by atoms with Crippen molar-refractivity contribution in [2.45, 2.75) is 25.7 Å². The number of methoxy groups -OCH3 is 1. The first-order valence-corrected chi connectivity index (χ1v) is 12.8. The molecule has 0 saturated carbocycles. The molecule has 0 radical (unpaired) electrons. The summed E-state index contributed by atoms with van der Waals surface area (Å²) in [6.45, 7) is 5.34. The first-order chi connectivity index (χ1) is 17.4. The van der Waals surface area contributed by atoms with Gasteiger partial charge < -0.3 is 4.74 Å². The fraction of sp³-hybridized carbons (Fsp3) is 0.200. The predicted molar refractivity (Wildman–Crippen MR) is 140 cm³/mol. The molecule has 9 nitrogen and oxygen atoms in total. The molecule has 37 heavy (non-hydrogen) atoms. The lowest BCUT2D eigenvalue weighted by Crippen LogP contribution is -2.28. The molecule has 0 aliphatic carbocycles. The quantitative estimate of drug-likeness (QED) is 0.339. The van der Waals surface area contributed by atoms with Crippen molar-refractivity contribution in [2.75, 3.05) is 17.1 Å². The SMILES string of the molecule is COc1ncc(Cl)cc1S(=O)(=O)Nc1cccc(-c2ccc3nc(NC(=O)C(C)(C)C)ncc3c2)c1F. The van der Waals surface area contributed by atoms with Crippen molar-refractivity contribution in [1.29, 1.82) is 0 Å². The molecular weight excluding hydrogens is 521 g/mol. The number of aromatic nitrogens is 3. The van der Waals surface area contributed by atoms with Gasteiger partial charge in [0, 0.05) is 28.8 Å². The van der Waals surface area contributed by atoms with Crippen LogP contribution in [0.5, 0.6) is 5.88 Å². The molecule has 0 spiro atoms. The van der Waals surface area contributed by atoms with Crippen molar-refractivity contribution < 1.29 is 22.3 Å². The molecule has 0 unspecified atom stereocenters. The van der Waals surface area contributed by atoms with Gasteiger partial charge in [-0.3, -0.25) is 14.8 Å². The van der Waals surface area contributed by atoms with E-state index in [2.05, 4.69) is 25.0 Å². The zero-order valence-electron chi connectivity index (χ0n) is 20.3. The number of carbonyl (C=O) groups excluding carboxylic acids is 1. The molecule has 0 aliphatic heterocycles. The Balaban J connectivity index is 1.66. The van der Waals surface area contributed by atoms with Gasteiger partial charge in [0.05, 0.1) is 23.3 Å². The van der Waals surface area contributed by atoms with Crippen LogP contribution in [0.3, 0.4) is 0 Å². The number of pyridine rings is 1. The van der Waals surface area contributed by atoms with Crippen molar-refractivity contribution in [3.8, 4) is 17.0 Å². The minimum absolute atomic E-state index is 0.0786. The van der Waals surface area contributed by atoms with Gasteiger partial charge >= 0.3 is 0 Å². The summed E-state index contributed by atoms with van der Waals surface area (Å²) in [5, 5.41) is 3.36. The normalized spacial score (nSPS) is 11.8. The van der Waals surface area contributed by atoms with Gasteiger partial charge in [-0.1, -0.05) is 50.6 Å². The third kappa shape index (κ3) is 5.62. The molecule has 2 N–H and O–H groups in total. The number of nitrogens with one attached hydrogen (secondary N) is 2. The van der Waals surface area contributed by atoms with Crippen LogP contribution in [0.25, 0.3) is 22.0 Å². The van der Waals surface area contributed by atoms with Crippen LogP contribution in [-0.2, 0) is 14.8 Å². The van der Waals surface area contributed by atoms with E-state index < -0.39 is 21.3 Å². The lowest BCUT2D eigenvalue weighted by molar-refractivity contribution is -0.123. The summed E-state index contributed by atoms with van der Waals surface area (Å²) >= 11 is 5.91. The van der Waals surface area contributed by atoms with E-state index in [4.69, 9.17) is 16.3 Å². The number of fused-ring (bicyclic) bond motifs is 1. The van der Waals surface area contributed by atoms with Crippen LogP contribution in [0.15, 0.2) is 59.8 Å². The first-order valence-electron chi connectivity index (χ1n) is 11.0. The maximum atomic E-state index is 15.5. The molecular formula is C25H23ClFN5O4S. The Morgan fingerprint density at radius 2 is 1.84 bits per heavy atom. The lowest BCUT2D eigenvalue weighted by Gasteiger charge is -2.16. The van der Waals surface area contributed by atoms with Gasteiger partial charge in [-0.15, -0.1) is 0 Å². The summed E-state index contributed by atoms with van der Waals surface area (Å²) in [6.07, 6.45) is 2.76. The molecule has 192 valence electrons. The highest BCUT2D eigenvalue weighted by Gasteiger charge is 2.24. The van der Waals surface area contributed by atoms with E-state index in [0.29, 0.717) is 16.5 Å². The van der Waals surface area contributed by atoms with E-state index in [0.717, 1.165) is 0 Å². The van der Waals surface area contributed by atoms with E-state index in [1.165, 1.54) is 43.8 Å². The number of sulfonamides is 1. The molecule has 0 atom stereocenters. The van der Waals surface area contributed by atoms with Crippen LogP contribution >= 0.6 is 11.6 Å². The van der Waals surface area contributed by atoms with Gasteiger partial charge in [0.15, 0.2) is 10.7 Å².